The first-order valence-electron chi connectivity index (χ1n) is 7.72. The molecule has 1 heterocycles. The fraction of sp³-hybridized carbons (Fsp3) is 0.500. The lowest BCUT2D eigenvalue weighted by Crippen LogP contribution is -2.30. The summed E-state index contributed by atoms with van der Waals surface area (Å²) in [6.07, 6.45) is 5.24. The molecule has 1 aliphatic carbocycles. The van der Waals surface area contributed by atoms with Crippen LogP contribution in [0, 0.1) is 11.3 Å². The minimum absolute atomic E-state index is 0.00539. The average molecular weight is 303 g/mol. The van der Waals surface area contributed by atoms with Gasteiger partial charge in [-0.15, -0.1) is 0 Å². The zero-order valence-corrected chi connectivity index (χ0v) is 12.4. The van der Waals surface area contributed by atoms with Crippen LogP contribution in [0.4, 0.5) is 5.69 Å². The molecule has 3 rings (SSSR count). The smallest absolute Gasteiger partial charge is 0.342 e. The van der Waals surface area contributed by atoms with Gasteiger partial charge in [0.05, 0.1) is 6.61 Å². The Bertz CT molecular complexity index is 588. The van der Waals surface area contributed by atoms with Gasteiger partial charge in [-0.2, -0.15) is 0 Å². The highest BCUT2D eigenvalue weighted by atomic mass is 16.5. The van der Waals surface area contributed by atoms with E-state index in [1.807, 2.05) is 0 Å². The van der Waals surface area contributed by atoms with Crippen molar-refractivity contribution in [1.82, 2.24) is 0 Å². The van der Waals surface area contributed by atoms with E-state index < -0.39 is 0 Å². The maximum Gasteiger partial charge on any atom is 0.342 e. The highest BCUT2D eigenvalue weighted by Gasteiger charge is 2.31. The second kappa shape index (κ2) is 6.25. The fourth-order valence-corrected chi connectivity index (χ4v) is 3.22. The summed E-state index contributed by atoms with van der Waals surface area (Å²) in [4.78, 5) is 12.4. The van der Waals surface area contributed by atoms with Gasteiger partial charge in [-0.25, -0.2) is 4.79 Å². The number of hydrogen-bond donors (Lipinski definition) is 3. The lowest BCUT2D eigenvalue weighted by molar-refractivity contribution is -0.000275. The molecule has 2 unspecified atom stereocenters. The Morgan fingerprint density at radius 3 is 2.91 bits per heavy atom. The van der Waals surface area contributed by atoms with Gasteiger partial charge in [-0.1, -0.05) is 6.42 Å². The molecule has 6 nitrogen and oxygen atoms in total. The van der Waals surface area contributed by atoms with E-state index in [0.717, 1.165) is 25.7 Å². The quantitative estimate of drug-likeness (QED) is 0.421. The molecule has 1 aliphatic heterocycles. The predicted molar refractivity (Wildman–Crippen MR) is 83.3 cm³/mol. The number of anilines is 1. The van der Waals surface area contributed by atoms with Crippen LogP contribution >= 0.6 is 0 Å². The third kappa shape index (κ3) is 3.16. The van der Waals surface area contributed by atoms with E-state index in [0.29, 0.717) is 29.5 Å². The van der Waals surface area contributed by atoms with Gasteiger partial charge in [-0.3, -0.25) is 5.41 Å². The largest absolute Gasteiger partial charge is 0.493 e. The summed E-state index contributed by atoms with van der Waals surface area (Å²) in [5, 5.41) is 9.97. The molecule has 0 radical (unpaired) electrons. The highest BCUT2D eigenvalue weighted by molar-refractivity contribution is 5.95. The Morgan fingerprint density at radius 1 is 1.27 bits per heavy atom. The molecule has 0 aromatic heterocycles. The van der Waals surface area contributed by atoms with Gasteiger partial charge in [-0.05, 0) is 43.7 Å². The minimum atomic E-state index is -0.330. The van der Waals surface area contributed by atoms with Crippen LogP contribution in [0.1, 0.15) is 42.5 Å². The normalized spacial score (nSPS) is 24.5. The van der Waals surface area contributed by atoms with Gasteiger partial charge in [0.25, 0.3) is 0 Å². The number of nitrogens with two attached hydrogens (primary N) is 1. The summed E-state index contributed by atoms with van der Waals surface area (Å²) >= 11 is 0. The molecule has 1 saturated carbocycles. The summed E-state index contributed by atoms with van der Waals surface area (Å²) in [6.45, 7) is 0.564. The Hall–Kier alpha value is -2.24. The maximum atomic E-state index is 12.4. The van der Waals surface area contributed by atoms with Gasteiger partial charge >= 0.3 is 5.97 Å². The van der Waals surface area contributed by atoms with Crippen molar-refractivity contribution in [2.75, 3.05) is 11.9 Å². The Kier molecular flexibility index (Phi) is 4.18. The number of ether oxygens (including phenoxy) is 2. The average Bonchev–Trinajstić information content (AvgIpc) is 2.54. The van der Waals surface area contributed by atoms with Crippen LogP contribution in [0.25, 0.3) is 0 Å². The first kappa shape index (κ1) is 14.7. The first-order valence-corrected chi connectivity index (χ1v) is 7.72. The minimum Gasteiger partial charge on any atom is -0.493 e. The maximum absolute atomic E-state index is 12.4. The van der Waals surface area contributed by atoms with Crippen LogP contribution in [0.5, 0.6) is 5.75 Å². The molecule has 4 N–H and O–H groups in total. The number of carbonyl (C=O) groups excluding carboxylic acids is 1. The highest BCUT2D eigenvalue weighted by Crippen LogP contribution is 2.33. The zero-order valence-electron chi connectivity index (χ0n) is 12.4. The molecule has 118 valence electrons. The van der Waals surface area contributed by atoms with E-state index in [9.17, 15) is 4.79 Å². The van der Waals surface area contributed by atoms with Crippen molar-refractivity contribution >= 4 is 17.6 Å². The Balaban J connectivity index is 1.85. The van der Waals surface area contributed by atoms with E-state index in [4.69, 9.17) is 20.6 Å². The van der Waals surface area contributed by atoms with Crippen molar-refractivity contribution in [3.05, 3.63) is 23.8 Å². The van der Waals surface area contributed by atoms with Gasteiger partial charge in [0.1, 0.15) is 17.4 Å². The van der Waals surface area contributed by atoms with Gasteiger partial charge in [0.2, 0.25) is 0 Å². The number of fused-ring (bicyclic) bond motifs is 2. The Labute approximate surface area is 129 Å². The van der Waals surface area contributed by atoms with E-state index in [-0.39, 0.29) is 18.0 Å². The number of esters is 1. The zero-order chi connectivity index (χ0) is 15.5. The van der Waals surface area contributed by atoms with E-state index in [1.54, 1.807) is 18.2 Å². The van der Waals surface area contributed by atoms with Crippen LogP contribution in [0.15, 0.2) is 18.2 Å². The Morgan fingerprint density at radius 2 is 2.09 bits per heavy atom. The monoisotopic (exact) mass is 303 g/mol. The van der Waals surface area contributed by atoms with E-state index in [2.05, 4.69) is 5.32 Å². The number of hydrogen-bond acceptors (Lipinski definition) is 4. The van der Waals surface area contributed by atoms with Gasteiger partial charge in [0.15, 0.2) is 5.96 Å². The van der Waals surface area contributed by atoms with Crippen LogP contribution in [-0.2, 0) is 4.74 Å². The topological polar surface area (TPSA) is 97.4 Å². The van der Waals surface area contributed by atoms with Crippen LogP contribution in [0.2, 0.25) is 0 Å². The summed E-state index contributed by atoms with van der Waals surface area (Å²) in [7, 11) is 0. The summed E-state index contributed by atoms with van der Waals surface area (Å²) < 4.78 is 11.5. The summed E-state index contributed by atoms with van der Waals surface area (Å²) in [5.41, 5.74) is 6.38. The molecule has 1 fully saturated rings. The molecule has 0 amide bonds. The van der Waals surface area contributed by atoms with Crippen molar-refractivity contribution in [3.63, 3.8) is 0 Å². The van der Waals surface area contributed by atoms with Crippen molar-refractivity contribution in [3.8, 4) is 5.75 Å². The van der Waals surface area contributed by atoms with E-state index in [1.165, 1.54) is 6.42 Å². The van der Waals surface area contributed by atoms with Crippen molar-refractivity contribution < 1.29 is 14.3 Å². The molecule has 2 atom stereocenters. The molecule has 2 aliphatic rings. The lowest BCUT2D eigenvalue weighted by atomic mass is 9.84. The van der Waals surface area contributed by atoms with Crippen molar-refractivity contribution in [2.45, 2.75) is 38.2 Å². The molecule has 0 bridgehead atoms. The van der Waals surface area contributed by atoms with Crippen LogP contribution in [0.3, 0.4) is 0 Å². The number of nitrogens with one attached hydrogen (secondary N) is 2. The first-order chi connectivity index (χ1) is 10.6. The number of benzene rings is 1. The predicted octanol–water partition coefficient (Wildman–Crippen LogP) is 2.49. The number of guanidine groups is 1. The molecule has 22 heavy (non-hydrogen) atoms. The second-order valence-electron chi connectivity index (χ2n) is 5.88. The van der Waals surface area contributed by atoms with Gasteiger partial charge < -0.3 is 20.5 Å². The number of rotatable bonds is 1. The standard InChI is InChI=1S/C16H21N3O3/c17-16(18)19-11-5-6-12-14(9-11)21-8-7-10-3-1-2-4-13(10)22-15(12)20/h5-6,9-10,13H,1-4,7-8H2,(H4,17,18,19). The van der Waals surface area contributed by atoms with Crippen LogP contribution < -0.4 is 15.8 Å². The molecule has 0 saturated heterocycles. The van der Waals surface area contributed by atoms with Gasteiger partial charge in [0, 0.05) is 11.8 Å². The van der Waals surface area contributed by atoms with Crippen molar-refractivity contribution in [2.24, 2.45) is 11.7 Å². The third-order valence-electron chi connectivity index (χ3n) is 4.32. The molecular weight excluding hydrogens is 282 g/mol. The molecule has 1 aromatic rings. The summed E-state index contributed by atoms with van der Waals surface area (Å²) in [5.74, 6) is 0.386. The van der Waals surface area contributed by atoms with Crippen molar-refractivity contribution in [1.29, 1.82) is 5.41 Å². The summed E-state index contributed by atoms with van der Waals surface area (Å²) in [6, 6.07) is 5.04. The SMILES string of the molecule is N=C(N)Nc1ccc2c(c1)OCCC1CCCCC1OC2=O. The number of carbonyl (C=O) groups is 1. The molecule has 1 aromatic carbocycles. The molecule has 6 heteroatoms. The molecule has 0 spiro atoms. The third-order valence-corrected chi connectivity index (χ3v) is 4.32. The van der Waals surface area contributed by atoms with E-state index >= 15 is 0 Å². The fourth-order valence-electron chi connectivity index (χ4n) is 3.22. The molecular formula is C16H21N3O3. The lowest BCUT2D eigenvalue weighted by Gasteiger charge is -2.30. The second-order valence-corrected chi connectivity index (χ2v) is 5.88. The van der Waals surface area contributed by atoms with Crippen LogP contribution in [-0.4, -0.2) is 24.6 Å².